The van der Waals surface area contributed by atoms with Crippen molar-refractivity contribution >= 4 is 40.8 Å². The summed E-state index contributed by atoms with van der Waals surface area (Å²) in [5.41, 5.74) is 1.77. The molecule has 2 N–H and O–H groups in total. The highest BCUT2D eigenvalue weighted by Gasteiger charge is 2.16. The van der Waals surface area contributed by atoms with Gasteiger partial charge < -0.3 is 20.1 Å². The van der Waals surface area contributed by atoms with Crippen LogP contribution in [-0.4, -0.2) is 36.3 Å². The van der Waals surface area contributed by atoms with Gasteiger partial charge in [0, 0.05) is 30.3 Å². The number of nitrogens with one attached hydrogen (secondary N) is 2. The Labute approximate surface area is 164 Å². The molecule has 4 rings (SSSR count). The minimum absolute atomic E-state index is 0. The van der Waals surface area contributed by atoms with Gasteiger partial charge in [0.2, 0.25) is 5.95 Å². The average molecular weight is 387 g/mol. The van der Waals surface area contributed by atoms with Gasteiger partial charge in [-0.15, -0.1) is 12.4 Å². The van der Waals surface area contributed by atoms with E-state index in [2.05, 4.69) is 20.6 Å². The molecular weight excluding hydrogens is 364 g/mol. The molecule has 1 aliphatic rings. The van der Waals surface area contributed by atoms with Crippen LogP contribution in [0.1, 0.15) is 12.8 Å². The maximum atomic E-state index is 5.70. The highest BCUT2D eigenvalue weighted by atomic mass is 35.5. The summed E-state index contributed by atoms with van der Waals surface area (Å²) in [7, 11) is 1.65. The highest BCUT2D eigenvalue weighted by Crippen LogP contribution is 2.25. The number of hydrogen-bond donors (Lipinski definition) is 2. The molecule has 0 radical (unpaired) electrons. The molecule has 2 heterocycles. The van der Waals surface area contributed by atoms with E-state index in [1.165, 1.54) is 0 Å². The van der Waals surface area contributed by atoms with Gasteiger partial charge in [0.05, 0.1) is 18.7 Å². The number of ether oxygens (including phenoxy) is 2. The fourth-order valence-electron chi connectivity index (χ4n) is 3.11. The largest absolute Gasteiger partial charge is 0.497 e. The Bertz CT molecular complexity index is 900. The van der Waals surface area contributed by atoms with Crippen molar-refractivity contribution in [2.75, 3.05) is 30.9 Å². The molecule has 27 heavy (non-hydrogen) atoms. The summed E-state index contributed by atoms with van der Waals surface area (Å²) in [6.07, 6.45) is 2.46. The number of aromatic nitrogens is 2. The number of anilines is 3. The van der Waals surface area contributed by atoms with Crippen LogP contribution >= 0.6 is 12.4 Å². The van der Waals surface area contributed by atoms with Crippen LogP contribution < -0.4 is 15.4 Å². The molecule has 1 aromatic heterocycles. The molecule has 0 aliphatic carbocycles. The second-order valence-electron chi connectivity index (χ2n) is 6.29. The first-order chi connectivity index (χ1) is 12.8. The van der Waals surface area contributed by atoms with E-state index >= 15 is 0 Å². The second-order valence-corrected chi connectivity index (χ2v) is 6.29. The zero-order chi connectivity index (χ0) is 17.8. The topological polar surface area (TPSA) is 68.3 Å². The molecule has 1 saturated heterocycles. The van der Waals surface area contributed by atoms with Crippen molar-refractivity contribution in [1.82, 2.24) is 9.97 Å². The number of hydrogen-bond acceptors (Lipinski definition) is 6. The lowest BCUT2D eigenvalue weighted by atomic mass is 10.2. The molecule has 3 aromatic rings. The molecule has 1 atom stereocenters. The molecule has 2 aromatic carbocycles. The van der Waals surface area contributed by atoms with Crippen LogP contribution in [0.3, 0.4) is 0 Å². The number of benzene rings is 2. The molecule has 0 saturated carbocycles. The molecule has 0 spiro atoms. The van der Waals surface area contributed by atoms with Gasteiger partial charge in [0.25, 0.3) is 0 Å². The van der Waals surface area contributed by atoms with E-state index < -0.39 is 0 Å². The summed E-state index contributed by atoms with van der Waals surface area (Å²) >= 11 is 0. The van der Waals surface area contributed by atoms with Crippen molar-refractivity contribution in [3.05, 3.63) is 48.5 Å². The Morgan fingerprint density at radius 1 is 1.15 bits per heavy atom. The van der Waals surface area contributed by atoms with E-state index in [1.54, 1.807) is 7.11 Å². The van der Waals surface area contributed by atoms with Crippen LogP contribution in [0.15, 0.2) is 48.5 Å². The number of nitrogens with zero attached hydrogens (tertiary/aromatic N) is 2. The first-order valence-corrected chi connectivity index (χ1v) is 8.85. The molecule has 7 heteroatoms. The smallest absolute Gasteiger partial charge is 0.229 e. The number of halogens is 1. The standard InChI is InChI=1S/C20H22N4O2.ClH/c1-25-15-7-4-6-14(12-15)22-20-23-18-10-3-2-9-17(18)19(24-20)21-13-16-8-5-11-26-16;/h2-4,6-7,9-10,12,16H,5,8,11,13H2,1H3,(H2,21,22,23,24);1H. The zero-order valence-corrected chi connectivity index (χ0v) is 16.0. The van der Waals surface area contributed by atoms with Crippen molar-refractivity contribution < 1.29 is 9.47 Å². The Kier molecular flexibility index (Phi) is 6.32. The maximum Gasteiger partial charge on any atom is 0.229 e. The van der Waals surface area contributed by atoms with E-state index in [1.807, 2.05) is 48.5 Å². The van der Waals surface area contributed by atoms with Crippen LogP contribution in [0.25, 0.3) is 10.9 Å². The molecule has 6 nitrogen and oxygen atoms in total. The number of rotatable bonds is 6. The molecule has 142 valence electrons. The molecular formula is C20H23ClN4O2. The van der Waals surface area contributed by atoms with Crippen molar-refractivity contribution in [2.45, 2.75) is 18.9 Å². The normalized spacial score (nSPS) is 16.0. The maximum absolute atomic E-state index is 5.70. The van der Waals surface area contributed by atoms with Crippen molar-refractivity contribution in [1.29, 1.82) is 0 Å². The van der Waals surface area contributed by atoms with Gasteiger partial charge in [-0.1, -0.05) is 18.2 Å². The summed E-state index contributed by atoms with van der Waals surface area (Å²) in [5, 5.41) is 7.70. The molecule has 0 bridgehead atoms. The van der Waals surface area contributed by atoms with Gasteiger partial charge in [-0.25, -0.2) is 4.98 Å². The van der Waals surface area contributed by atoms with Crippen LogP contribution in [-0.2, 0) is 4.74 Å². The van der Waals surface area contributed by atoms with Gasteiger partial charge in [0.1, 0.15) is 11.6 Å². The van der Waals surface area contributed by atoms with Gasteiger partial charge >= 0.3 is 0 Å². The Balaban J connectivity index is 0.00000210. The zero-order valence-electron chi connectivity index (χ0n) is 15.1. The van der Waals surface area contributed by atoms with E-state index in [-0.39, 0.29) is 18.5 Å². The number of methoxy groups -OCH3 is 1. The summed E-state index contributed by atoms with van der Waals surface area (Å²) < 4.78 is 11.0. The van der Waals surface area contributed by atoms with E-state index in [0.717, 1.165) is 54.2 Å². The Morgan fingerprint density at radius 2 is 2.04 bits per heavy atom. The predicted octanol–water partition coefficient (Wildman–Crippen LogP) is 4.39. The quantitative estimate of drug-likeness (QED) is 0.654. The van der Waals surface area contributed by atoms with Crippen molar-refractivity contribution in [3.63, 3.8) is 0 Å². The first-order valence-electron chi connectivity index (χ1n) is 8.85. The van der Waals surface area contributed by atoms with Gasteiger partial charge in [-0.3, -0.25) is 0 Å². The summed E-state index contributed by atoms with van der Waals surface area (Å²) in [4.78, 5) is 9.32. The van der Waals surface area contributed by atoms with Crippen LogP contribution in [0, 0.1) is 0 Å². The summed E-state index contributed by atoms with van der Waals surface area (Å²) in [6.45, 7) is 1.60. The third-order valence-electron chi connectivity index (χ3n) is 4.45. The lowest BCUT2D eigenvalue weighted by Crippen LogP contribution is -2.19. The average Bonchev–Trinajstić information content (AvgIpc) is 3.20. The summed E-state index contributed by atoms with van der Waals surface area (Å²) in [6, 6.07) is 15.7. The fourth-order valence-corrected chi connectivity index (χ4v) is 3.11. The van der Waals surface area contributed by atoms with E-state index in [4.69, 9.17) is 9.47 Å². The first kappa shape index (κ1) is 19.2. The van der Waals surface area contributed by atoms with E-state index in [0.29, 0.717) is 5.95 Å². The lowest BCUT2D eigenvalue weighted by molar-refractivity contribution is 0.120. The lowest BCUT2D eigenvalue weighted by Gasteiger charge is -2.14. The van der Waals surface area contributed by atoms with Crippen LogP contribution in [0.5, 0.6) is 5.75 Å². The Morgan fingerprint density at radius 3 is 2.85 bits per heavy atom. The SMILES string of the molecule is COc1cccc(Nc2nc(NCC3CCCO3)c3ccccc3n2)c1.Cl. The third kappa shape index (κ3) is 4.59. The molecule has 1 fully saturated rings. The monoisotopic (exact) mass is 386 g/mol. The Hall–Kier alpha value is -2.57. The van der Waals surface area contributed by atoms with Crippen LogP contribution in [0.2, 0.25) is 0 Å². The van der Waals surface area contributed by atoms with Crippen LogP contribution in [0.4, 0.5) is 17.5 Å². The highest BCUT2D eigenvalue weighted by molar-refractivity contribution is 5.90. The minimum Gasteiger partial charge on any atom is -0.497 e. The van der Waals surface area contributed by atoms with Crippen molar-refractivity contribution in [3.8, 4) is 5.75 Å². The minimum atomic E-state index is 0. The number of para-hydroxylation sites is 1. The van der Waals surface area contributed by atoms with Gasteiger partial charge in [-0.05, 0) is 37.1 Å². The predicted molar refractivity (Wildman–Crippen MR) is 111 cm³/mol. The molecule has 1 unspecified atom stereocenters. The fraction of sp³-hybridized carbons (Fsp3) is 0.300. The van der Waals surface area contributed by atoms with Gasteiger partial charge in [0.15, 0.2) is 0 Å². The third-order valence-corrected chi connectivity index (χ3v) is 4.45. The summed E-state index contributed by atoms with van der Waals surface area (Å²) in [5.74, 6) is 2.15. The molecule has 1 aliphatic heterocycles. The van der Waals surface area contributed by atoms with Crippen molar-refractivity contribution in [2.24, 2.45) is 0 Å². The van der Waals surface area contributed by atoms with E-state index in [9.17, 15) is 0 Å². The number of fused-ring (bicyclic) bond motifs is 1. The van der Waals surface area contributed by atoms with Gasteiger partial charge in [-0.2, -0.15) is 4.98 Å². The second kappa shape index (κ2) is 8.88. The molecule has 0 amide bonds.